The normalized spacial score (nSPS) is 22.6. The van der Waals surface area contributed by atoms with Crippen LogP contribution in [0.5, 0.6) is 0 Å². The number of benzene rings is 1. The molecule has 4 atom stereocenters. The van der Waals surface area contributed by atoms with Gasteiger partial charge in [0.15, 0.2) is 22.8 Å². The van der Waals surface area contributed by atoms with Gasteiger partial charge in [-0.15, -0.1) is 11.8 Å². The Morgan fingerprint density at radius 3 is 2.63 bits per heavy atom. The molecular weight excluding hydrogens is 523 g/mol. The van der Waals surface area contributed by atoms with E-state index in [1.165, 1.54) is 34.8 Å². The lowest BCUT2D eigenvalue weighted by Gasteiger charge is -2.35. The maximum atomic E-state index is 11.1. The number of nitrogens with zero attached hydrogens (tertiary/aromatic N) is 5. The highest BCUT2D eigenvalue weighted by molar-refractivity contribution is 8.05. The number of ether oxygens (including phenoxy) is 1. The number of nitro benzene ring substituents is 1. The van der Waals surface area contributed by atoms with E-state index in [0.29, 0.717) is 17.3 Å². The standard InChI is InChI=1S/C18H21N6O8PS2/c19-15-12-16(22-18(21-15)35-6-5-9-1-3-10(4-2-9)24(27)28)23(8-20-12)17-14(26)13(25)11(32-17)7-31-33(29,30)34/h1-4,8,11,13-14,17,25-26H,5-7H2,(H2,19,21,22)(H2,29,30,34)/p-2. The Kier molecular flexibility index (Phi) is 7.65. The van der Waals surface area contributed by atoms with Crippen LogP contribution in [-0.4, -0.2) is 65.3 Å². The van der Waals surface area contributed by atoms with Crippen LogP contribution >= 0.6 is 18.5 Å². The maximum Gasteiger partial charge on any atom is 0.269 e. The molecule has 1 fully saturated rings. The van der Waals surface area contributed by atoms with Crippen LogP contribution in [0.4, 0.5) is 11.5 Å². The van der Waals surface area contributed by atoms with Gasteiger partial charge in [-0.2, -0.15) is 0 Å². The van der Waals surface area contributed by atoms with Crippen molar-refractivity contribution < 1.29 is 34.2 Å². The van der Waals surface area contributed by atoms with Gasteiger partial charge >= 0.3 is 0 Å². The van der Waals surface area contributed by atoms with Crippen molar-refractivity contribution in [3.05, 3.63) is 46.3 Å². The summed E-state index contributed by atoms with van der Waals surface area (Å²) in [7, 11) is 0. The predicted octanol–water partition coefficient (Wildman–Crippen LogP) is -0.768. The molecule has 1 aliphatic heterocycles. The molecule has 35 heavy (non-hydrogen) atoms. The number of aliphatic hydroxyl groups is 2. The molecule has 4 rings (SSSR count). The van der Waals surface area contributed by atoms with E-state index < -0.39 is 42.8 Å². The van der Waals surface area contributed by atoms with E-state index in [-0.39, 0.29) is 22.7 Å². The van der Waals surface area contributed by atoms with Gasteiger partial charge in [0, 0.05) is 17.9 Å². The number of nitrogen functional groups attached to an aromatic ring is 1. The van der Waals surface area contributed by atoms with E-state index >= 15 is 0 Å². The highest BCUT2D eigenvalue weighted by Crippen LogP contribution is 2.35. The lowest BCUT2D eigenvalue weighted by atomic mass is 10.1. The van der Waals surface area contributed by atoms with Crippen LogP contribution in [0.15, 0.2) is 35.7 Å². The largest absolute Gasteiger partial charge is 0.812 e. The van der Waals surface area contributed by atoms with E-state index in [1.54, 1.807) is 12.1 Å². The predicted molar refractivity (Wildman–Crippen MR) is 123 cm³/mol. The van der Waals surface area contributed by atoms with E-state index in [4.69, 9.17) is 10.5 Å². The average molecular weight is 542 g/mol. The SMILES string of the molecule is Nc1nc(SCCc2ccc([N+](=O)[O-])cc2)nc2c1ncn2C1OC(COP([O-])([O-])=S)C(O)C1O. The number of hydrogen-bond donors (Lipinski definition) is 3. The van der Waals surface area contributed by atoms with E-state index in [1.807, 2.05) is 0 Å². The number of aliphatic hydroxyl groups excluding tert-OH is 2. The minimum Gasteiger partial charge on any atom is -0.812 e. The van der Waals surface area contributed by atoms with Crippen LogP contribution in [0.2, 0.25) is 0 Å². The summed E-state index contributed by atoms with van der Waals surface area (Å²) in [6, 6.07) is 6.22. The first-order chi connectivity index (χ1) is 16.5. The Hall–Kier alpha value is -2.27. The minimum absolute atomic E-state index is 0.0117. The van der Waals surface area contributed by atoms with Crippen molar-refractivity contribution in [2.24, 2.45) is 0 Å². The summed E-state index contributed by atoms with van der Waals surface area (Å²) in [4.78, 5) is 45.3. The fourth-order valence-electron chi connectivity index (χ4n) is 3.47. The van der Waals surface area contributed by atoms with Gasteiger partial charge in [-0.3, -0.25) is 14.7 Å². The first kappa shape index (κ1) is 25.8. The zero-order valence-corrected chi connectivity index (χ0v) is 20.3. The molecule has 4 unspecified atom stereocenters. The highest BCUT2D eigenvalue weighted by atomic mass is 32.5. The summed E-state index contributed by atoms with van der Waals surface area (Å²) in [5.74, 6) is 0.645. The lowest BCUT2D eigenvalue weighted by Crippen LogP contribution is -2.34. The van der Waals surface area contributed by atoms with Crippen LogP contribution in [0.3, 0.4) is 0 Å². The Labute approximate surface area is 207 Å². The van der Waals surface area contributed by atoms with Crippen molar-refractivity contribution in [1.29, 1.82) is 0 Å². The molecule has 0 bridgehead atoms. The summed E-state index contributed by atoms with van der Waals surface area (Å²) in [5, 5.41) is 31.8. The molecule has 0 amide bonds. The molecule has 0 radical (unpaired) electrons. The number of thioether (sulfide) groups is 1. The average Bonchev–Trinajstić information content (AvgIpc) is 3.34. The van der Waals surface area contributed by atoms with Gasteiger partial charge in [0.05, 0.1) is 17.9 Å². The van der Waals surface area contributed by atoms with Crippen molar-refractivity contribution in [2.45, 2.75) is 36.1 Å². The number of non-ortho nitro benzene ring substituents is 1. The van der Waals surface area contributed by atoms with Crippen molar-refractivity contribution in [2.75, 3.05) is 18.1 Å². The van der Waals surface area contributed by atoms with Gasteiger partial charge in [0.1, 0.15) is 23.8 Å². The molecular formula is C18H19N6O8PS2-2. The Morgan fingerprint density at radius 2 is 1.97 bits per heavy atom. The molecule has 1 aromatic carbocycles. The Morgan fingerprint density at radius 1 is 1.26 bits per heavy atom. The third-order valence-corrected chi connectivity index (χ3v) is 6.84. The Bertz CT molecular complexity index is 1270. The molecule has 1 saturated heterocycles. The van der Waals surface area contributed by atoms with Crippen LogP contribution in [0.25, 0.3) is 11.2 Å². The molecule has 2 aromatic heterocycles. The third-order valence-electron chi connectivity index (χ3n) is 5.21. The van der Waals surface area contributed by atoms with Gasteiger partial charge in [0.2, 0.25) is 0 Å². The second-order valence-electron chi connectivity index (χ2n) is 7.53. The molecule has 3 heterocycles. The highest BCUT2D eigenvalue weighted by Gasteiger charge is 2.44. The molecule has 188 valence electrons. The first-order valence-electron chi connectivity index (χ1n) is 10.1. The molecule has 1 aliphatic rings. The molecule has 17 heteroatoms. The summed E-state index contributed by atoms with van der Waals surface area (Å²) < 4.78 is 11.5. The van der Waals surface area contributed by atoms with Crippen LogP contribution < -0.4 is 15.5 Å². The van der Waals surface area contributed by atoms with Crippen LogP contribution in [0.1, 0.15) is 11.8 Å². The summed E-state index contributed by atoms with van der Waals surface area (Å²) >= 11 is 5.47. The van der Waals surface area contributed by atoms with Gasteiger partial charge in [-0.1, -0.05) is 30.6 Å². The number of rotatable bonds is 9. The molecule has 3 aromatic rings. The van der Waals surface area contributed by atoms with E-state index in [9.17, 15) is 30.1 Å². The quantitative estimate of drug-likeness (QED) is 0.0995. The number of aryl methyl sites for hydroxylation is 1. The van der Waals surface area contributed by atoms with E-state index in [2.05, 4.69) is 31.3 Å². The number of aromatic nitrogens is 4. The van der Waals surface area contributed by atoms with Crippen LogP contribution in [0, 0.1) is 10.1 Å². The fraction of sp³-hybridized carbons (Fsp3) is 0.389. The Balaban J connectivity index is 1.48. The fourth-order valence-corrected chi connectivity index (χ4v) is 4.82. The monoisotopic (exact) mass is 542 g/mol. The first-order valence-corrected chi connectivity index (χ1v) is 13.6. The maximum absolute atomic E-state index is 11.1. The summed E-state index contributed by atoms with van der Waals surface area (Å²) in [6.45, 7) is -5.03. The van der Waals surface area contributed by atoms with Gasteiger partial charge < -0.3 is 35.0 Å². The molecule has 0 saturated carbocycles. The van der Waals surface area contributed by atoms with Gasteiger partial charge in [-0.25, -0.2) is 15.0 Å². The molecule has 4 N–H and O–H groups in total. The number of nitrogens with two attached hydrogens (primary N) is 1. The van der Waals surface area contributed by atoms with E-state index in [0.717, 1.165) is 5.56 Å². The smallest absolute Gasteiger partial charge is 0.269 e. The second-order valence-corrected chi connectivity index (χ2v) is 11.1. The van der Waals surface area contributed by atoms with Crippen molar-refractivity contribution in [3.8, 4) is 0 Å². The van der Waals surface area contributed by atoms with Gasteiger partial charge in [0.25, 0.3) is 5.69 Å². The number of fused-ring (bicyclic) bond motifs is 1. The number of hydrogen-bond acceptors (Lipinski definition) is 14. The number of anilines is 1. The number of nitro groups is 1. The summed E-state index contributed by atoms with van der Waals surface area (Å²) in [5.41, 5.74) is 7.43. The van der Waals surface area contributed by atoms with Crippen molar-refractivity contribution >= 4 is 53.0 Å². The molecule has 0 aliphatic carbocycles. The lowest BCUT2D eigenvalue weighted by molar-refractivity contribution is -0.384. The molecule has 0 spiro atoms. The van der Waals surface area contributed by atoms with Crippen LogP contribution in [-0.2, 0) is 27.5 Å². The minimum atomic E-state index is -4.47. The second kappa shape index (κ2) is 10.4. The van der Waals surface area contributed by atoms with Crippen molar-refractivity contribution in [1.82, 2.24) is 19.5 Å². The van der Waals surface area contributed by atoms with Gasteiger partial charge in [-0.05, 0) is 12.0 Å². The van der Waals surface area contributed by atoms with Crippen molar-refractivity contribution in [3.63, 3.8) is 0 Å². The zero-order valence-electron chi connectivity index (χ0n) is 17.7. The zero-order chi connectivity index (χ0) is 25.3. The molecule has 14 nitrogen and oxygen atoms in total. The summed E-state index contributed by atoms with van der Waals surface area (Å²) in [6.07, 6.45) is -3.29. The third kappa shape index (κ3) is 5.94. The number of imidazole rings is 1. The topological polar surface area (TPSA) is 218 Å².